The predicted octanol–water partition coefficient (Wildman–Crippen LogP) is 4.13. The number of halogens is 2. The topological polar surface area (TPSA) is 107 Å². The van der Waals surface area contributed by atoms with E-state index in [1.165, 1.54) is 0 Å². The van der Waals surface area contributed by atoms with Gasteiger partial charge in [0.25, 0.3) is 5.56 Å². The Labute approximate surface area is 219 Å². The second kappa shape index (κ2) is 10.9. The van der Waals surface area contributed by atoms with E-state index in [9.17, 15) is 14.4 Å². The molecule has 190 valence electrons. The monoisotopic (exact) mass is 529 g/mol. The van der Waals surface area contributed by atoms with Crippen LogP contribution in [-0.4, -0.2) is 41.9 Å². The summed E-state index contributed by atoms with van der Waals surface area (Å²) >= 11 is 13.1. The minimum Gasteiger partial charge on any atom is -0.370 e. The molecule has 0 unspecified atom stereocenters. The summed E-state index contributed by atoms with van der Waals surface area (Å²) in [7, 11) is 1.65. The number of carbonyl (C=O) groups is 2. The Morgan fingerprint density at radius 1 is 1.14 bits per heavy atom. The first-order valence-corrected chi connectivity index (χ1v) is 12.7. The highest BCUT2D eigenvalue weighted by molar-refractivity contribution is 6.34. The van der Waals surface area contributed by atoms with Crippen LogP contribution in [0.25, 0.3) is 22.3 Å². The lowest BCUT2D eigenvalue weighted by Gasteiger charge is -2.33. The molecule has 1 fully saturated rings. The van der Waals surface area contributed by atoms with Crippen molar-refractivity contribution in [2.75, 3.05) is 25.0 Å². The summed E-state index contributed by atoms with van der Waals surface area (Å²) in [6, 6.07) is 8.79. The lowest BCUT2D eigenvalue weighted by atomic mass is 9.95. The molecule has 0 spiro atoms. The van der Waals surface area contributed by atoms with Gasteiger partial charge in [-0.05, 0) is 42.7 Å². The molecule has 1 aliphatic rings. The van der Waals surface area contributed by atoms with Crippen LogP contribution >= 0.6 is 23.2 Å². The fourth-order valence-corrected chi connectivity index (χ4v) is 4.85. The van der Waals surface area contributed by atoms with Crippen molar-refractivity contribution in [3.63, 3.8) is 0 Å². The van der Waals surface area contributed by atoms with Gasteiger partial charge in [0.2, 0.25) is 11.8 Å². The largest absolute Gasteiger partial charge is 0.370 e. The van der Waals surface area contributed by atoms with Crippen LogP contribution in [0.3, 0.4) is 0 Å². The Kier molecular flexibility index (Phi) is 7.85. The van der Waals surface area contributed by atoms with E-state index < -0.39 is 0 Å². The molecule has 0 radical (unpaired) electrons. The standard InChI is InChI=1S/C26H29Cl2N5O3/c1-14(2)24(34)30-13-15-4-5-19(27)17(10-15)23-31-21-12-20(28)22(11-18(21)26(36)32-23)33-8-6-16(7-9-33)25(35)29-3/h4-5,10-12,14,16H,6-9,13H2,1-3H3,(H,29,35)(H,30,34)(H,31,32,36). The molecule has 4 rings (SSSR count). The number of piperidine rings is 1. The molecule has 1 aliphatic heterocycles. The second-order valence-corrected chi connectivity index (χ2v) is 10.1. The zero-order chi connectivity index (χ0) is 26.0. The molecule has 36 heavy (non-hydrogen) atoms. The van der Waals surface area contributed by atoms with E-state index in [4.69, 9.17) is 23.2 Å². The van der Waals surface area contributed by atoms with Crippen LogP contribution in [0.15, 0.2) is 35.1 Å². The van der Waals surface area contributed by atoms with Gasteiger partial charge in [0.15, 0.2) is 0 Å². The smallest absolute Gasteiger partial charge is 0.259 e. The Morgan fingerprint density at radius 2 is 1.86 bits per heavy atom. The molecular weight excluding hydrogens is 501 g/mol. The number of aromatic nitrogens is 2. The van der Waals surface area contributed by atoms with Crippen molar-refractivity contribution in [2.45, 2.75) is 33.2 Å². The number of fused-ring (bicyclic) bond motifs is 1. The fraction of sp³-hybridized carbons (Fsp3) is 0.385. The van der Waals surface area contributed by atoms with Crippen molar-refractivity contribution in [1.82, 2.24) is 20.6 Å². The van der Waals surface area contributed by atoms with Gasteiger partial charge in [0.1, 0.15) is 5.82 Å². The summed E-state index contributed by atoms with van der Waals surface area (Å²) in [5.74, 6) is 0.193. The third kappa shape index (κ3) is 5.50. The van der Waals surface area contributed by atoms with Crippen LogP contribution in [0.2, 0.25) is 10.0 Å². The number of nitrogens with zero attached hydrogens (tertiary/aromatic N) is 2. The van der Waals surface area contributed by atoms with Gasteiger partial charge in [-0.15, -0.1) is 0 Å². The summed E-state index contributed by atoms with van der Waals surface area (Å²) in [6.45, 7) is 5.33. The van der Waals surface area contributed by atoms with Crippen molar-refractivity contribution < 1.29 is 9.59 Å². The number of aromatic amines is 1. The average Bonchev–Trinajstić information content (AvgIpc) is 2.87. The van der Waals surface area contributed by atoms with Crippen LogP contribution in [-0.2, 0) is 16.1 Å². The number of amides is 2. The quantitative estimate of drug-likeness (QED) is 0.444. The summed E-state index contributed by atoms with van der Waals surface area (Å²) < 4.78 is 0. The van der Waals surface area contributed by atoms with E-state index >= 15 is 0 Å². The van der Waals surface area contributed by atoms with Crippen molar-refractivity contribution in [2.24, 2.45) is 11.8 Å². The lowest BCUT2D eigenvalue weighted by Crippen LogP contribution is -2.39. The van der Waals surface area contributed by atoms with Crippen molar-refractivity contribution >= 4 is 51.6 Å². The molecule has 0 atom stereocenters. The molecule has 10 heteroatoms. The first kappa shape index (κ1) is 26.0. The van der Waals surface area contributed by atoms with E-state index in [0.29, 0.717) is 64.8 Å². The molecule has 0 saturated carbocycles. The Bertz CT molecular complexity index is 1360. The van der Waals surface area contributed by atoms with Gasteiger partial charge in [-0.1, -0.05) is 43.1 Å². The third-order valence-corrected chi connectivity index (χ3v) is 7.14. The maximum atomic E-state index is 13.1. The zero-order valence-electron chi connectivity index (χ0n) is 20.5. The van der Waals surface area contributed by atoms with Gasteiger partial charge >= 0.3 is 0 Å². The number of nitrogens with one attached hydrogen (secondary N) is 3. The number of benzene rings is 2. The van der Waals surface area contributed by atoms with E-state index in [2.05, 4.69) is 25.5 Å². The average molecular weight is 530 g/mol. The molecule has 2 heterocycles. The van der Waals surface area contributed by atoms with E-state index in [1.807, 2.05) is 19.9 Å². The number of rotatable bonds is 6. The molecule has 0 aliphatic carbocycles. The van der Waals surface area contributed by atoms with Crippen LogP contribution in [0.1, 0.15) is 32.3 Å². The highest BCUT2D eigenvalue weighted by atomic mass is 35.5. The van der Waals surface area contributed by atoms with Gasteiger partial charge in [-0.25, -0.2) is 4.98 Å². The Hall–Kier alpha value is -3.10. The van der Waals surface area contributed by atoms with Crippen molar-refractivity contribution in [3.8, 4) is 11.4 Å². The van der Waals surface area contributed by atoms with Crippen molar-refractivity contribution in [1.29, 1.82) is 0 Å². The molecule has 1 aromatic heterocycles. The number of H-pyrrole nitrogens is 1. The summed E-state index contributed by atoms with van der Waals surface area (Å²) in [4.78, 5) is 46.5. The van der Waals surface area contributed by atoms with Crippen LogP contribution in [0, 0.1) is 11.8 Å². The normalized spacial score (nSPS) is 14.3. The summed E-state index contributed by atoms with van der Waals surface area (Å²) in [6.07, 6.45) is 1.43. The molecular formula is C26H29Cl2N5O3. The molecule has 2 aromatic carbocycles. The van der Waals surface area contributed by atoms with Gasteiger partial charge in [-0.2, -0.15) is 0 Å². The fourth-order valence-electron chi connectivity index (χ4n) is 4.36. The van der Waals surface area contributed by atoms with E-state index in [-0.39, 0.29) is 29.2 Å². The van der Waals surface area contributed by atoms with E-state index in [0.717, 1.165) is 11.3 Å². The lowest BCUT2D eigenvalue weighted by molar-refractivity contribution is -0.125. The first-order valence-electron chi connectivity index (χ1n) is 11.9. The molecule has 1 saturated heterocycles. The summed E-state index contributed by atoms with van der Waals surface area (Å²) in [5.41, 5.74) is 2.30. The minimum absolute atomic E-state index is 0.0164. The third-order valence-electron chi connectivity index (χ3n) is 6.50. The van der Waals surface area contributed by atoms with Crippen LogP contribution in [0.5, 0.6) is 0 Å². The van der Waals surface area contributed by atoms with Crippen molar-refractivity contribution in [3.05, 3.63) is 56.3 Å². The highest BCUT2D eigenvalue weighted by Crippen LogP contribution is 2.33. The number of hydrogen-bond donors (Lipinski definition) is 3. The minimum atomic E-state index is -0.303. The first-order chi connectivity index (χ1) is 17.2. The highest BCUT2D eigenvalue weighted by Gasteiger charge is 2.26. The van der Waals surface area contributed by atoms with Gasteiger partial charge in [0.05, 0.1) is 26.6 Å². The zero-order valence-corrected chi connectivity index (χ0v) is 22.0. The van der Waals surface area contributed by atoms with Gasteiger partial charge in [-0.3, -0.25) is 14.4 Å². The van der Waals surface area contributed by atoms with Gasteiger partial charge < -0.3 is 20.5 Å². The maximum absolute atomic E-state index is 13.1. The molecule has 2 amide bonds. The second-order valence-electron chi connectivity index (χ2n) is 9.30. The summed E-state index contributed by atoms with van der Waals surface area (Å²) in [5, 5.41) is 6.92. The number of anilines is 1. The Morgan fingerprint density at radius 3 is 2.53 bits per heavy atom. The predicted molar refractivity (Wildman–Crippen MR) is 144 cm³/mol. The van der Waals surface area contributed by atoms with Gasteiger partial charge in [0, 0.05) is 44.1 Å². The molecule has 0 bridgehead atoms. The SMILES string of the molecule is CNC(=O)C1CCN(c2cc3c(=O)[nH]c(-c4cc(CNC(=O)C(C)C)ccc4Cl)nc3cc2Cl)CC1. The Balaban J connectivity index is 1.62. The van der Waals surface area contributed by atoms with E-state index in [1.54, 1.807) is 31.3 Å². The molecule has 3 N–H and O–H groups in total. The molecule has 3 aromatic rings. The van der Waals surface area contributed by atoms with Crippen LogP contribution in [0.4, 0.5) is 5.69 Å². The van der Waals surface area contributed by atoms with Crippen LogP contribution < -0.4 is 21.1 Å². The maximum Gasteiger partial charge on any atom is 0.259 e. The number of carbonyl (C=O) groups excluding carboxylic acids is 2. The molecule has 8 nitrogen and oxygen atoms in total. The number of hydrogen-bond acceptors (Lipinski definition) is 5.